The zero-order chi connectivity index (χ0) is 50.6. The fraction of sp³-hybridized carbons (Fsp3) is 0.309. The van der Waals surface area contributed by atoms with Gasteiger partial charge in [-0.3, -0.25) is 48.6 Å². The third kappa shape index (κ3) is 10.3. The average Bonchev–Trinajstić information content (AvgIpc) is 3.90. The molecule has 6 amide bonds. The Balaban J connectivity index is 0.843. The largest absolute Gasteiger partial charge is 0.493 e. The number of fused-ring (bicyclic) bond motifs is 8. The maximum Gasteiger partial charge on any atom is 0.261 e. The van der Waals surface area contributed by atoms with E-state index in [2.05, 4.69) is 21.3 Å². The molecule has 4 aliphatic heterocycles. The van der Waals surface area contributed by atoms with Crippen molar-refractivity contribution in [1.82, 2.24) is 16.0 Å². The molecule has 5 aromatic rings. The Bertz CT molecular complexity index is 2930. The number of nitrogens with one attached hydrogen (secondary N) is 4. The van der Waals surface area contributed by atoms with Crippen molar-refractivity contribution < 1.29 is 47.7 Å². The molecule has 1 aliphatic carbocycles. The van der Waals surface area contributed by atoms with Gasteiger partial charge in [0.15, 0.2) is 23.0 Å². The summed E-state index contributed by atoms with van der Waals surface area (Å²) >= 11 is 0. The van der Waals surface area contributed by atoms with E-state index >= 15 is 0 Å². The van der Waals surface area contributed by atoms with Gasteiger partial charge in [-0.05, 0) is 77.6 Å². The number of carbonyl (C=O) groups excluding carboxylic acids is 6. The quantitative estimate of drug-likeness (QED) is 0.0865. The minimum absolute atomic E-state index is 0.0248. The smallest absolute Gasteiger partial charge is 0.261 e. The highest BCUT2D eigenvalue weighted by Gasteiger charge is 2.38. The molecule has 1 saturated carbocycles. The molecule has 0 spiro atoms. The molecule has 18 nitrogen and oxygen atoms in total. The van der Waals surface area contributed by atoms with Crippen LogP contribution in [-0.4, -0.2) is 93.8 Å². The average molecular weight is 987 g/mol. The first-order valence-corrected chi connectivity index (χ1v) is 24.4. The minimum Gasteiger partial charge on any atom is -0.493 e. The predicted octanol–water partition coefficient (Wildman–Crippen LogP) is 6.30. The Morgan fingerprint density at radius 1 is 0.575 bits per heavy atom. The lowest BCUT2D eigenvalue weighted by Gasteiger charge is -2.22. The molecule has 0 bridgehead atoms. The number of amides is 6. The molecule has 0 aromatic heterocycles. The Labute approximate surface area is 421 Å². The molecule has 5 aliphatic rings. The number of para-hydroxylation sites is 2. The van der Waals surface area contributed by atoms with E-state index in [1.54, 1.807) is 58.6 Å². The zero-order valence-corrected chi connectivity index (χ0v) is 40.4. The first kappa shape index (κ1) is 48.1. The summed E-state index contributed by atoms with van der Waals surface area (Å²) in [6.45, 7) is -1.11. The Morgan fingerprint density at radius 3 is 1.56 bits per heavy atom. The molecular weight excluding hydrogens is 933 g/mol. The molecule has 0 saturated heterocycles. The summed E-state index contributed by atoms with van der Waals surface area (Å²) in [5.74, 6) is -1.06. The summed E-state index contributed by atoms with van der Waals surface area (Å²) in [6, 6.07) is 27.0. The van der Waals surface area contributed by atoms with Crippen molar-refractivity contribution in [3.05, 3.63) is 124 Å². The third-order valence-electron chi connectivity index (χ3n) is 13.7. The molecule has 374 valence electrons. The van der Waals surface area contributed by atoms with Gasteiger partial charge < -0.3 is 40.2 Å². The molecule has 18 heteroatoms. The topological polar surface area (TPSA) is 219 Å². The standard InChI is InChI=1S/C55H54N8O10/c1-70-46-21-40-42(56-25-38-19-35-12-6-8-14-44(35)62(38)54(40)68)23-48(46)72-30-32-16-33(18-37(17-32)61-52(66)29-59-50(64)27-58-51(65)28-60-53(67)34-10-4-3-5-11-34)31-73-49-24-43-41(22-47(49)71-2)55(69)63-39(26-57-43)20-36-13-7-9-15-45(36)63/h6-9,12-18,21-26,34,38-39H,3-5,10-11,19-20,27-31H2,1-2H3,(H,58,65)(H,59,64)(H,60,67)(H,61,66)/t38-,39?/m0/s1. The zero-order valence-electron chi connectivity index (χ0n) is 40.4. The van der Waals surface area contributed by atoms with Gasteiger partial charge in [0, 0.05) is 60.4 Å². The number of carbonyl (C=O) groups is 6. The van der Waals surface area contributed by atoms with Crippen molar-refractivity contribution in [2.45, 2.75) is 70.2 Å². The number of anilines is 3. The van der Waals surface area contributed by atoms with Gasteiger partial charge in [0.05, 0.1) is 68.4 Å². The second-order valence-electron chi connectivity index (χ2n) is 18.5. The highest BCUT2D eigenvalue weighted by molar-refractivity contribution is 6.16. The van der Waals surface area contributed by atoms with Crippen LogP contribution in [0.15, 0.2) is 101 Å². The molecule has 2 atom stereocenters. The van der Waals surface area contributed by atoms with E-state index in [-0.39, 0.29) is 55.5 Å². The Morgan fingerprint density at radius 2 is 1.05 bits per heavy atom. The fourth-order valence-corrected chi connectivity index (χ4v) is 10.1. The van der Waals surface area contributed by atoms with Crippen LogP contribution in [0.4, 0.5) is 28.4 Å². The second kappa shape index (κ2) is 21.0. The van der Waals surface area contributed by atoms with Gasteiger partial charge in [0.2, 0.25) is 23.6 Å². The highest BCUT2D eigenvalue weighted by atomic mass is 16.5. The van der Waals surface area contributed by atoms with E-state index in [4.69, 9.17) is 28.9 Å². The van der Waals surface area contributed by atoms with E-state index in [0.29, 0.717) is 75.2 Å². The number of nitrogens with zero attached hydrogens (tertiary/aromatic N) is 4. The summed E-state index contributed by atoms with van der Waals surface area (Å²) in [6.07, 6.45) is 9.52. The molecule has 1 unspecified atom stereocenters. The van der Waals surface area contributed by atoms with Crippen LogP contribution in [0.5, 0.6) is 23.0 Å². The SMILES string of the molecule is COc1cc2c(cc1OCc1cc(COc3cc4c(cc3OC)C(=O)N3c5ccccc5C[C@H]3C=N4)cc(NC(=O)CNC(=O)CNC(=O)CNC(=O)C3CCCCC3)c1)N=CC1Cc3ccccc3N1C2=O. The maximum absolute atomic E-state index is 14.0. The van der Waals surface area contributed by atoms with E-state index in [9.17, 15) is 28.8 Å². The number of benzene rings is 5. The Kier molecular flexibility index (Phi) is 13.9. The van der Waals surface area contributed by atoms with Crippen molar-refractivity contribution >= 4 is 76.3 Å². The number of hydrogen-bond acceptors (Lipinski definition) is 12. The normalized spacial score (nSPS) is 17.1. The lowest BCUT2D eigenvalue weighted by Crippen LogP contribution is -2.44. The molecule has 4 heterocycles. The summed E-state index contributed by atoms with van der Waals surface area (Å²) in [5.41, 5.74) is 6.99. The van der Waals surface area contributed by atoms with E-state index < -0.39 is 30.8 Å². The van der Waals surface area contributed by atoms with Crippen molar-refractivity contribution in [3.8, 4) is 23.0 Å². The van der Waals surface area contributed by atoms with Gasteiger partial charge in [-0.25, -0.2) is 0 Å². The van der Waals surface area contributed by atoms with Crippen LogP contribution < -0.4 is 50.0 Å². The summed E-state index contributed by atoms with van der Waals surface area (Å²) in [4.78, 5) is 91.9. The van der Waals surface area contributed by atoms with Crippen molar-refractivity contribution in [1.29, 1.82) is 0 Å². The van der Waals surface area contributed by atoms with Crippen molar-refractivity contribution in [3.63, 3.8) is 0 Å². The van der Waals surface area contributed by atoms with Gasteiger partial charge >= 0.3 is 0 Å². The van der Waals surface area contributed by atoms with Crippen molar-refractivity contribution in [2.75, 3.05) is 49.0 Å². The summed E-state index contributed by atoms with van der Waals surface area (Å²) in [7, 11) is 2.98. The molecule has 5 aromatic carbocycles. The summed E-state index contributed by atoms with van der Waals surface area (Å²) in [5, 5.41) is 10.5. The van der Waals surface area contributed by atoms with E-state index in [1.807, 2.05) is 54.6 Å². The van der Waals surface area contributed by atoms with E-state index in [0.717, 1.165) is 54.6 Å². The van der Waals surface area contributed by atoms with E-state index in [1.165, 1.54) is 14.2 Å². The van der Waals surface area contributed by atoms with Crippen molar-refractivity contribution in [2.24, 2.45) is 15.9 Å². The molecule has 73 heavy (non-hydrogen) atoms. The van der Waals surface area contributed by atoms with Crippen LogP contribution >= 0.6 is 0 Å². The van der Waals surface area contributed by atoms with Gasteiger partial charge in [-0.1, -0.05) is 55.7 Å². The van der Waals surface area contributed by atoms with Gasteiger partial charge in [0.25, 0.3) is 11.8 Å². The number of aliphatic imine (C=N–C) groups is 2. The Hall–Kier alpha value is -8.54. The van der Waals surface area contributed by atoms with Crippen LogP contribution in [0.25, 0.3) is 0 Å². The number of hydrogen-bond donors (Lipinski definition) is 4. The predicted molar refractivity (Wildman–Crippen MR) is 273 cm³/mol. The van der Waals surface area contributed by atoms with Gasteiger partial charge in [-0.15, -0.1) is 0 Å². The highest BCUT2D eigenvalue weighted by Crippen LogP contribution is 2.43. The molecular formula is C55H54N8O10. The first-order valence-electron chi connectivity index (χ1n) is 24.4. The molecule has 1 fully saturated rings. The van der Waals surface area contributed by atoms with Crippen LogP contribution in [0.2, 0.25) is 0 Å². The van der Waals surface area contributed by atoms with Crippen LogP contribution in [0.3, 0.4) is 0 Å². The number of methoxy groups -OCH3 is 2. The minimum atomic E-state index is -0.602. The fourth-order valence-electron chi connectivity index (χ4n) is 10.1. The molecule has 0 radical (unpaired) electrons. The lowest BCUT2D eigenvalue weighted by atomic mass is 9.89. The third-order valence-corrected chi connectivity index (χ3v) is 13.7. The number of rotatable bonds is 16. The molecule has 4 N–H and O–H groups in total. The van der Waals surface area contributed by atoms with Crippen LogP contribution in [0, 0.1) is 5.92 Å². The summed E-state index contributed by atoms with van der Waals surface area (Å²) < 4.78 is 24.3. The first-order chi connectivity index (χ1) is 35.5. The maximum atomic E-state index is 14.0. The lowest BCUT2D eigenvalue weighted by molar-refractivity contribution is -0.130. The molecule has 10 rings (SSSR count). The van der Waals surface area contributed by atoms with Crippen LogP contribution in [-0.2, 0) is 45.2 Å². The van der Waals surface area contributed by atoms with Crippen LogP contribution in [0.1, 0.15) is 75.1 Å². The monoisotopic (exact) mass is 986 g/mol. The second-order valence-corrected chi connectivity index (χ2v) is 18.5. The number of ether oxygens (including phenoxy) is 4. The van der Waals surface area contributed by atoms with Gasteiger partial charge in [-0.2, -0.15) is 0 Å². The van der Waals surface area contributed by atoms with Gasteiger partial charge in [0.1, 0.15) is 13.2 Å².